The summed E-state index contributed by atoms with van der Waals surface area (Å²) in [7, 11) is 2.04. The average Bonchev–Trinajstić information content (AvgIpc) is 2.93. The number of pyridine rings is 1. The molecule has 0 amide bonds. The van der Waals surface area contributed by atoms with Gasteiger partial charge < -0.3 is 14.6 Å². The highest BCUT2D eigenvalue weighted by Crippen LogP contribution is 2.36. The molecule has 2 N–H and O–H groups in total. The van der Waals surface area contributed by atoms with Crippen LogP contribution in [0, 0.1) is 6.92 Å². The molecule has 0 unspecified atom stereocenters. The Bertz CT molecular complexity index is 948. The monoisotopic (exact) mass is 370 g/mol. The van der Waals surface area contributed by atoms with Crippen LogP contribution in [0.2, 0.25) is 0 Å². The molecule has 1 aromatic carbocycles. The molecular weight excluding hydrogens is 347 g/mol. The zero-order valence-corrected chi connectivity index (χ0v) is 16.1. The van der Waals surface area contributed by atoms with Gasteiger partial charge in [-0.2, -0.15) is 0 Å². The fourth-order valence-corrected chi connectivity index (χ4v) is 3.52. The number of fused-ring (bicyclic) bond motifs is 1. The van der Waals surface area contributed by atoms with Crippen molar-refractivity contribution in [1.82, 2.24) is 9.55 Å². The number of anilines is 1. The highest BCUT2D eigenvalue weighted by atomic mass is 32.2. The lowest BCUT2D eigenvalue weighted by Crippen LogP contribution is -2.05. The minimum absolute atomic E-state index is 0.162. The number of nitrogens with two attached hydrogens (primary N) is 1. The first kappa shape index (κ1) is 18.5. The van der Waals surface area contributed by atoms with Crippen molar-refractivity contribution >= 4 is 28.5 Å². The Hall–Kier alpha value is -2.31. The van der Waals surface area contributed by atoms with Gasteiger partial charge in [0.2, 0.25) is 0 Å². The molecule has 3 rings (SSSR count). The molecule has 0 saturated carbocycles. The first-order valence-corrected chi connectivity index (χ1v) is 9.60. The Kier molecular flexibility index (Phi) is 5.64. The zero-order chi connectivity index (χ0) is 18.7. The van der Waals surface area contributed by atoms with Crippen LogP contribution in [-0.2, 0) is 6.54 Å². The number of aromatic nitrogens is 2. The van der Waals surface area contributed by atoms with Gasteiger partial charge in [0, 0.05) is 48.4 Å². The van der Waals surface area contributed by atoms with Gasteiger partial charge in [0.15, 0.2) is 0 Å². The molecule has 136 valence electrons. The molecule has 26 heavy (non-hydrogen) atoms. The van der Waals surface area contributed by atoms with Crippen LogP contribution < -0.4 is 10.0 Å². The summed E-state index contributed by atoms with van der Waals surface area (Å²) in [6.45, 7) is 2.38. The molecule has 2 heterocycles. The Morgan fingerprint density at radius 3 is 2.92 bits per heavy atom. The topological polar surface area (TPSA) is 47.1 Å². The van der Waals surface area contributed by atoms with E-state index in [-0.39, 0.29) is 18.9 Å². The quantitative estimate of drug-likeness (QED) is 0.647. The molecule has 4 nitrogen and oxygen atoms in total. The van der Waals surface area contributed by atoms with E-state index in [4.69, 9.17) is 5.73 Å². The van der Waals surface area contributed by atoms with Crippen molar-refractivity contribution in [3.05, 3.63) is 60.3 Å². The predicted molar refractivity (Wildman–Crippen MR) is 110 cm³/mol. The number of hydrogen-bond acceptors (Lipinski definition) is 4. The third kappa shape index (κ3) is 3.48. The normalized spacial score (nSPS) is 12.0. The number of benzene rings is 1. The maximum Gasteiger partial charge on any atom is 0.117 e. The van der Waals surface area contributed by atoms with Gasteiger partial charge in [-0.1, -0.05) is 24.1 Å². The van der Waals surface area contributed by atoms with Crippen LogP contribution in [0.3, 0.4) is 0 Å². The minimum atomic E-state index is -0.237. The second kappa shape index (κ2) is 7.93. The number of rotatable bonds is 6. The Labute approximate surface area is 157 Å². The Morgan fingerprint density at radius 2 is 2.19 bits per heavy atom. The number of halogens is 1. The smallest absolute Gasteiger partial charge is 0.117 e. The van der Waals surface area contributed by atoms with Gasteiger partial charge in [0.05, 0.1) is 18.3 Å². The molecule has 0 radical (unpaired) electrons. The van der Waals surface area contributed by atoms with E-state index in [0.29, 0.717) is 0 Å². The number of nitrogens with zero attached hydrogens (tertiary/aromatic N) is 3. The molecule has 0 aliphatic carbocycles. The van der Waals surface area contributed by atoms with Crippen molar-refractivity contribution in [3.63, 3.8) is 0 Å². The van der Waals surface area contributed by atoms with E-state index < -0.39 is 0 Å². The van der Waals surface area contributed by atoms with Crippen LogP contribution in [0.4, 0.5) is 10.1 Å². The van der Waals surface area contributed by atoms with Crippen molar-refractivity contribution in [2.45, 2.75) is 13.5 Å². The second-order valence-corrected chi connectivity index (χ2v) is 6.97. The van der Waals surface area contributed by atoms with Gasteiger partial charge in [-0.3, -0.25) is 4.98 Å². The second-order valence-electron chi connectivity index (χ2n) is 6.06. The first-order valence-electron chi connectivity index (χ1n) is 8.42. The number of allylic oxidation sites excluding steroid dienone is 1. The summed E-state index contributed by atoms with van der Waals surface area (Å²) in [6, 6.07) is 10.4. The third-order valence-electron chi connectivity index (χ3n) is 4.55. The van der Waals surface area contributed by atoms with Crippen molar-refractivity contribution in [3.8, 4) is 11.1 Å². The van der Waals surface area contributed by atoms with Gasteiger partial charge >= 0.3 is 0 Å². The summed E-state index contributed by atoms with van der Waals surface area (Å²) in [6.07, 6.45) is 7.02. The molecule has 0 aliphatic heterocycles. The molecule has 0 bridgehead atoms. The Morgan fingerprint density at radius 1 is 1.38 bits per heavy atom. The molecule has 0 aliphatic rings. The molecular formula is C20H23FN4S. The van der Waals surface area contributed by atoms with Crippen LogP contribution in [0.1, 0.15) is 5.69 Å². The van der Waals surface area contributed by atoms with Crippen LogP contribution >= 0.6 is 11.9 Å². The fourth-order valence-electron chi connectivity index (χ4n) is 3.20. The van der Waals surface area contributed by atoms with E-state index in [0.717, 1.165) is 33.4 Å². The summed E-state index contributed by atoms with van der Waals surface area (Å²) in [5.74, 6) is -0.237. The summed E-state index contributed by atoms with van der Waals surface area (Å²) < 4.78 is 18.2. The van der Waals surface area contributed by atoms with Crippen LogP contribution in [0.25, 0.3) is 22.0 Å². The predicted octanol–water partition coefficient (Wildman–Crippen LogP) is 4.54. The lowest BCUT2D eigenvalue weighted by atomic mass is 10.0. The van der Waals surface area contributed by atoms with Crippen LogP contribution in [-0.4, -0.2) is 29.4 Å². The summed E-state index contributed by atoms with van der Waals surface area (Å²) in [4.78, 5) is 4.23. The molecule has 0 saturated heterocycles. The van der Waals surface area contributed by atoms with Gasteiger partial charge in [-0.15, -0.1) is 0 Å². The summed E-state index contributed by atoms with van der Waals surface area (Å²) >= 11 is 1.66. The highest BCUT2D eigenvalue weighted by Gasteiger charge is 2.17. The highest BCUT2D eigenvalue weighted by molar-refractivity contribution is 7.99. The van der Waals surface area contributed by atoms with Gasteiger partial charge in [-0.05, 0) is 36.8 Å². The largest absolute Gasteiger partial charge is 0.336 e. The zero-order valence-electron chi connectivity index (χ0n) is 15.2. The van der Waals surface area contributed by atoms with E-state index in [1.54, 1.807) is 24.3 Å². The van der Waals surface area contributed by atoms with Crippen LogP contribution in [0.5, 0.6) is 0 Å². The minimum Gasteiger partial charge on any atom is -0.336 e. The van der Waals surface area contributed by atoms with E-state index in [2.05, 4.69) is 33.6 Å². The van der Waals surface area contributed by atoms with E-state index >= 15 is 0 Å². The summed E-state index contributed by atoms with van der Waals surface area (Å²) in [5.41, 5.74) is 10.7. The lowest BCUT2D eigenvalue weighted by Gasteiger charge is -2.16. The standard InChI is InChI=1S/C20H23FN4S/c1-14-20(15-5-4-6-17(11-15)24(2)26-3)18-8-10-23-12-19(18)25(14)13-16(21)7-9-22/h4-8,10-12H,9,13,22H2,1-3H3/b16-7-. The lowest BCUT2D eigenvalue weighted by molar-refractivity contribution is 0.555. The molecule has 0 atom stereocenters. The fraction of sp³-hybridized carbons (Fsp3) is 0.250. The van der Waals surface area contributed by atoms with E-state index in [1.807, 2.05) is 30.9 Å². The van der Waals surface area contributed by atoms with Gasteiger partial charge in [-0.25, -0.2) is 4.39 Å². The Balaban J connectivity index is 2.18. The molecule has 2 aromatic heterocycles. The molecule has 6 heteroatoms. The first-order chi connectivity index (χ1) is 12.6. The maximum absolute atomic E-state index is 14.2. The molecule has 3 aromatic rings. The average molecular weight is 370 g/mol. The van der Waals surface area contributed by atoms with E-state index in [9.17, 15) is 4.39 Å². The summed E-state index contributed by atoms with van der Waals surface area (Å²) in [5, 5.41) is 1.07. The SMILES string of the molecule is CSN(C)c1cccc(-c2c(C)n(C/C(F)=C/CN)c3cnccc23)c1. The van der Waals surface area contributed by atoms with Crippen LogP contribution in [0.15, 0.2) is 54.6 Å². The number of hydrogen-bond donors (Lipinski definition) is 1. The van der Waals surface area contributed by atoms with Crippen molar-refractivity contribution < 1.29 is 4.39 Å². The van der Waals surface area contributed by atoms with Gasteiger partial charge in [0.1, 0.15) is 5.83 Å². The molecule has 0 spiro atoms. The third-order valence-corrected chi connectivity index (χ3v) is 5.31. The molecule has 0 fully saturated rings. The van der Waals surface area contributed by atoms with E-state index in [1.165, 1.54) is 6.08 Å². The maximum atomic E-state index is 14.2. The van der Waals surface area contributed by atoms with Gasteiger partial charge in [0.25, 0.3) is 0 Å². The van der Waals surface area contributed by atoms with Crippen molar-refractivity contribution in [1.29, 1.82) is 0 Å². The van der Waals surface area contributed by atoms with Crippen molar-refractivity contribution in [2.24, 2.45) is 5.73 Å². The van der Waals surface area contributed by atoms with Crippen molar-refractivity contribution in [2.75, 3.05) is 24.2 Å².